The summed E-state index contributed by atoms with van der Waals surface area (Å²) in [6.45, 7) is 0.277. The van der Waals surface area contributed by atoms with E-state index in [4.69, 9.17) is 30.5 Å². The van der Waals surface area contributed by atoms with Gasteiger partial charge in [-0.15, -0.1) is 11.6 Å². The smallest absolute Gasteiger partial charge is 0.338 e. The third kappa shape index (κ3) is 3.92. The van der Waals surface area contributed by atoms with Gasteiger partial charge in [0.05, 0.1) is 33.5 Å². The summed E-state index contributed by atoms with van der Waals surface area (Å²) in [6.07, 6.45) is 0.609. The van der Waals surface area contributed by atoms with Crippen molar-refractivity contribution in [3.05, 3.63) is 17.7 Å². The van der Waals surface area contributed by atoms with E-state index in [0.29, 0.717) is 35.1 Å². The molecule has 106 valence electrons. The summed E-state index contributed by atoms with van der Waals surface area (Å²) in [4.78, 5) is 11.8. The molecule has 0 unspecified atom stereocenters. The second-order valence-corrected chi connectivity index (χ2v) is 3.97. The molecule has 0 spiro atoms. The molecule has 0 heterocycles. The van der Waals surface area contributed by atoms with Crippen LogP contribution in [0.3, 0.4) is 0 Å². The fourth-order valence-corrected chi connectivity index (χ4v) is 1.61. The van der Waals surface area contributed by atoms with E-state index in [9.17, 15) is 4.79 Å². The summed E-state index contributed by atoms with van der Waals surface area (Å²) in [6, 6.07) is 3.09. The van der Waals surface area contributed by atoms with Gasteiger partial charge in [0, 0.05) is 5.88 Å². The Labute approximate surface area is 117 Å². The first kappa shape index (κ1) is 15.4. The molecule has 1 aromatic carbocycles. The summed E-state index contributed by atoms with van der Waals surface area (Å²) in [5.74, 6) is 1.24. The molecule has 0 bridgehead atoms. The topological polar surface area (TPSA) is 54.0 Å². The van der Waals surface area contributed by atoms with Crippen molar-refractivity contribution >= 4 is 17.6 Å². The summed E-state index contributed by atoms with van der Waals surface area (Å²) < 4.78 is 20.6. The van der Waals surface area contributed by atoms with E-state index < -0.39 is 5.97 Å². The zero-order chi connectivity index (χ0) is 14.3. The lowest BCUT2D eigenvalue weighted by Crippen LogP contribution is -2.08. The molecule has 0 radical (unpaired) electrons. The van der Waals surface area contributed by atoms with Gasteiger partial charge in [-0.1, -0.05) is 0 Å². The van der Waals surface area contributed by atoms with Crippen molar-refractivity contribution in [1.29, 1.82) is 0 Å². The second kappa shape index (κ2) is 7.74. The number of benzene rings is 1. The zero-order valence-electron chi connectivity index (χ0n) is 11.2. The molecular weight excluding hydrogens is 272 g/mol. The molecule has 19 heavy (non-hydrogen) atoms. The molecular formula is C13H17ClO5. The number of hydrogen-bond donors (Lipinski definition) is 0. The molecule has 6 heteroatoms. The Bertz CT molecular complexity index is 408. The standard InChI is InChI=1S/C13H17ClO5/c1-16-10-7-9(13(15)19-6-4-5-14)8-11(17-2)12(10)18-3/h7-8H,4-6H2,1-3H3. The van der Waals surface area contributed by atoms with Crippen molar-refractivity contribution < 1.29 is 23.7 Å². The van der Waals surface area contributed by atoms with Crippen molar-refractivity contribution in [2.24, 2.45) is 0 Å². The minimum atomic E-state index is -0.454. The van der Waals surface area contributed by atoms with Gasteiger partial charge in [-0.05, 0) is 18.6 Å². The van der Waals surface area contributed by atoms with Gasteiger partial charge in [0.1, 0.15) is 0 Å². The van der Waals surface area contributed by atoms with Gasteiger partial charge in [0.25, 0.3) is 0 Å². The highest BCUT2D eigenvalue weighted by Crippen LogP contribution is 2.38. The summed E-state index contributed by atoms with van der Waals surface area (Å²) in [5, 5.41) is 0. The molecule has 0 saturated carbocycles. The molecule has 0 atom stereocenters. The first-order chi connectivity index (χ1) is 9.17. The van der Waals surface area contributed by atoms with E-state index in [0.717, 1.165) is 0 Å². The van der Waals surface area contributed by atoms with Gasteiger partial charge in [-0.25, -0.2) is 4.79 Å². The number of carbonyl (C=O) groups excluding carboxylic acids is 1. The Kier molecular flexibility index (Phi) is 6.29. The van der Waals surface area contributed by atoms with Crippen LogP contribution in [-0.2, 0) is 4.74 Å². The quantitative estimate of drug-likeness (QED) is 0.438. The predicted molar refractivity (Wildman–Crippen MR) is 71.7 cm³/mol. The van der Waals surface area contributed by atoms with Crippen LogP contribution in [0.25, 0.3) is 0 Å². The van der Waals surface area contributed by atoms with Gasteiger partial charge in [0.15, 0.2) is 11.5 Å². The van der Waals surface area contributed by atoms with Crippen LogP contribution in [-0.4, -0.2) is 39.8 Å². The van der Waals surface area contributed by atoms with Crippen molar-refractivity contribution in [1.82, 2.24) is 0 Å². The largest absolute Gasteiger partial charge is 0.493 e. The third-order valence-corrected chi connectivity index (χ3v) is 2.68. The van der Waals surface area contributed by atoms with Crippen LogP contribution in [0, 0.1) is 0 Å². The van der Waals surface area contributed by atoms with Crippen LogP contribution in [0.15, 0.2) is 12.1 Å². The summed E-state index contributed by atoms with van der Waals surface area (Å²) >= 11 is 5.52. The van der Waals surface area contributed by atoms with Crippen molar-refractivity contribution in [3.8, 4) is 17.2 Å². The van der Waals surface area contributed by atoms with E-state index in [1.54, 1.807) is 12.1 Å². The minimum Gasteiger partial charge on any atom is -0.493 e. The average molecular weight is 289 g/mol. The Balaban J connectivity index is 2.98. The highest BCUT2D eigenvalue weighted by Gasteiger charge is 2.17. The number of carbonyl (C=O) groups is 1. The molecule has 5 nitrogen and oxygen atoms in total. The molecule has 0 fully saturated rings. The van der Waals surface area contributed by atoms with Crippen LogP contribution in [0.5, 0.6) is 17.2 Å². The van der Waals surface area contributed by atoms with E-state index >= 15 is 0 Å². The minimum absolute atomic E-state index is 0.277. The zero-order valence-corrected chi connectivity index (χ0v) is 12.0. The van der Waals surface area contributed by atoms with Gasteiger partial charge in [0.2, 0.25) is 5.75 Å². The van der Waals surface area contributed by atoms with Gasteiger partial charge < -0.3 is 18.9 Å². The van der Waals surface area contributed by atoms with Crippen LogP contribution in [0.2, 0.25) is 0 Å². The van der Waals surface area contributed by atoms with Gasteiger partial charge >= 0.3 is 5.97 Å². The number of ether oxygens (including phenoxy) is 4. The fraction of sp³-hybridized carbons (Fsp3) is 0.462. The number of halogens is 1. The Morgan fingerprint density at radius 2 is 1.68 bits per heavy atom. The molecule has 0 saturated heterocycles. The van der Waals surface area contributed by atoms with E-state index in [-0.39, 0.29) is 6.61 Å². The molecule has 0 aliphatic heterocycles. The number of methoxy groups -OCH3 is 3. The molecule has 0 amide bonds. The van der Waals surface area contributed by atoms with E-state index in [2.05, 4.69) is 0 Å². The van der Waals surface area contributed by atoms with Crippen molar-refractivity contribution in [3.63, 3.8) is 0 Å². The monoisotopic (exact) mass is 288 g/mol. The molecule has 1 rings (SSSR count). The number of rotatable bonds is 7. The maximum atomic E-state index is 11.8. The van der Waals surface area contributed by atoms with Crippen molar-refractivity contribution in [2.75, 3.05) is 33.8 Å². The Morgan fingerprint density at radius 1 is 1.11 bits per heavy atom. The van der Waals surface area contributed by atoms with Gasteiger partial charge in [-0.3, -0.25) is 0 Å². The van der Waals surface area contributed by atoms with E-state index in [1.165, 1.54) is 21.3 Å². The Hall–Kier alpha value is -1.62. The average Bonchev–Trinajstić information content (AvgIpc) is 2.45. The fourth-order valence-electron chi connectivity index (χ4n) is 1.50. The van der Waals surface area contributed by atoms with Crippen LogP contribution < -0.4 is 14.2 Å². The molecule has 0 aromatic heterocycles. The van der Waals surface area contributed by atoms with Crippen LogP contribution in [0.1, 0.15) is 16.8 Å². The molecule has 1 aromatic rings. The number of esters is 1. The van der Waals surface area contributed by atoms with Crippen molar-refractivity contribution in [2.45, 2.75) is 6.42 Å². The molecule has 0 aliphatic carbocycles. The highest BCUT2D eigenvalue weighted by atomic mass is 35.5. The lowest BCUT2D eigenvalue weighted by Gasteiger charge is -2.13. The first-order valence-electron chi connectivity index (χ1n) is 5.71. The lowest BCUT2D eigenvalue weighted by atomic mass is 10.2. The number of hydrogen-bond acceptors (Lipinski definition) is 5. The summed E-state index contributed by atoms with van der Waals surface area (Å²) in [7, 11) is 4.47. The maximum Gasteiger partial charge on any atom is 0.338 e. The Morgan fingerprint density at radius 3 is 2.11 bits per heavy atom. The third-order valence-electron chi connectivity index (χ3n) is 2.41. The molecule has 0 N–H and O–H groups in total. The SMILES string of the molecule is COc1cc(C(=O)OCCCCl)cc(OC)c1OC. The van der Waals surface area contributed by atoms with Gasteiger partial charge in [-0.2, -0.15) is 0 Å². The first-order valence-corrected chi connectivity index (χ1v) is 6.24. The normalized spacial score (nSPS) is 9.89. The van der Waals surface area contributed by atoms with Crippen LogP contribution >= 0.6 is 11.6 Å². The predicted octanol–water partition coefficient (Wildman–Crippen LogP) is 2.50. The highest BCUT2D eigenvalue weighted by molar-refractivity contribution is 6.17. The summed E-state index contributed by atoms with van der Waals surface area (Å²) in [5.41, 5.74) is 0.337. The second-order valence-electron chi connectivity index (χ2n) is 3.59. The lowest BCUT2D eigenvalue weighted by molar-refractivity contribution is 0.0505. The maximum absolute atomic E-state index is 11.8. The van der Waals surface area contributed by atoms with E-state index in [1.807, 2.05) is 0 Å². The van der Waals surface area contributed by atoms with Crippen LogP contribution in [0.4, 0.5) is 0 Å². The molecule has 0 aliphatic rings. The number of alkyl halides is 1.